The van der Waals surface area contributed by atoms with Crippen molar-refractivity contribution in [1.29, 1.82) is 5.41 Å². The Kier molecular flexibility index (Phi) is 13.5. The van der Waals surface area contributed by atoms with Gasteiger partial charge in [0.25, 0.3) is 0 Å². The monoisotopic (exact) mass is 570 g/mol. The van der Waals surface area contributed by atoms with Crippen LogP contribution in [0.1, 0.15) is 83.1 Å². The van der Waals surface area contributed by atoms with Crippen LogP contribution in [0, 0.1) is 5.41 Å². The molecule has 0 spiro atoms. The van der Waals surface area contributed by atoms with Crippen molar-refractivity contribution < 1.29 is 14.6 Å². The van der Waals surface area contributed by atoms with Gasteiger partial charge in [0.2, 0.25) is 5.91 Å². The van der Waals surface area contributed by atoms with Crippen LogP contribution in [0.4, 0.5) is 0 Å². The van der Waals surface area contributed by atoms with Crippen LogP contribution in [0.3, 0.4) is 0 Å². The molecule has 0 saturated heterocycles. The van der Waals surface area contributed by atoms with Crippen molar-refractivity contribution in [3.63, 3.8) is 0 Å². The van der Waals surface area contributed by atoms with Crippen LogP contribution in [0.15, 0.2) is 79.1 Å². The van der Waals surface area contributed by atoms with Crippen molar-refractivity contribution in [2.45, 2.75) is 85.5 Å². The predicted octanol–water partition coefficient (Wildman–Crippen LogP) is 9.08. The Morgan fingerprint density at radius 3 is 2.17 bits per heavy atom. The maximum atomic E-state index is 11.9. The Hall–Kier alpha value is -3.86. The van der Waals surface area contributed by atoms with E-state index in [9.17, 15) is 9.90 Å². The van der Waals surface area contributed by atoms with Crippen LogP contribution in [0.5, 0.6) is 5.75 Å². The summed E-state index contributed by atoms with van der Waals surface area (Å²) in [6.07, 6.45) is 4.16. The van der Waals surface area contributed by atoms with Gasteiger partial charge in [-0.05, 0) is 65.5 Å². The Morgan fingerprint density at radius 2 is 1.62 bits per heavy atom. The zero-order valence-electron chi connectivity index (χ0n) is 26.7. The summed E-state index contributed by atoms with van der Waals surface area (Å²) < 4.78 is 5.48. The van der Waals surface area contributed by atoms with Crippen molar-refractivity contribution >= 4 is 11.7 Å². The highest BCUT2D eigenvalue weighted by Gasteiger charge is 2.15. The number of hydrogen-bond acceptors (Lipinski definition) is 4. The summed E-state index contributed by atoms with van der Waals surface area (Å²) in [4.78, 5) is 13.5. The van der Waals surface area contributed by atoms with Crippen molar-refractivity contribution in [1.82, 2.24) is 4.90 Å². The molecule has 42 heavy (non-hydrogen) atoms. The molecule has 3 rings (SSSR count). The minimum atomic E-state index is 0.00617. The fourth-order valence-electron chi connectivity index (χ4n) is 4.74. The lowest BCUT2D eigenvalue weighted by atomic mass is 9.86. The van der Waals surface area contributed by atoms with Gasteiger partial charge in [-0.2, -0.15) is 0 Å². The lowest BCUT2D eigenvalue weighted by Crippen LogP contribution is -2.35. The van der Waals surface area contributed by atoms with Gasteiger partial charge in [-0.3, -0.25) is 10.2 Å². The van der Waals surface area contributed by atoms with Crippen LogP contribution < -0.4 is 4.74 Å². The van der Waals surface area contributed by atoms with E-state index in [0.717, 1.165) is 41.7 Å². The highest BCUT2D eigenvalue weighted by Crippen LogP contribution is 2.29. The molecule has 0 radical (unpaired) electrons. The normalized spacial score (nSPS) is 10.8. The van der Waals surface area contributed by atoms with Gasteiger partial charge in [-0.15, -0.1) is 0 Å². The molecular formula is C37H50N2O3. The molecule has 0 saturated carbocycles. The van der Waals surface area contributed by atoms with Crippen LogP contribution in [0.2, 0.25) is 0 Å². The second-order valence-corrected chi connectivity index (χ2v) is 11.6. The predicted molar refractivity (Wildman–Crippen MR) is 177 cm³/mol. The Bertz CT molecular complexity index is 1320. The smallest absolute Gasteiger partial charge is 0.227 e. The van der Waals surface area contributed by atoms with Gasteiger partial charge >= 0.3 is 0 Å². The molecule has 0 bridgehead atoms. The number of amides is 1. The van der Waals surface area contributed by atoms with E-state index in [1.54, 1.807) is 12.0 Å². The number of nitrogens with one attached hydrogen (secondary N) is 1. The number of aliphatic hydroxyl groups is 1. The molecule has 0 aliphatic heterocycles. The summed E-state index contributed by atoms with van der Waals surface area (Å²) in [6, 6.07) is 23.2. The maximum absolute atomic E-state index is 11.9. The number of ether oxygens (including phenoxy) is 1. The molecule has 5 heteroatoms. The van der Waals surface area contributed by atoms with Gasteiger partial charge in [0.1, 0.15) is 11.6 Å². The lowest BCUT2D eigenvalue weighted by Gasteiger charge is -2.21. The van der Waals surface area contributed by atoms with E-state index in [1.807, 2.05) is 38.1 Å². The zero-order valence-corrected chi connectivity index (χ0v) is 26.7. The number of carbonyl (C=O) groups is 1. The third-order valence-corrected chi connectivity index (χ3v) is 7.29. The number of methoxy groups -OCH3 is 1. The van der Waals surface area contributed by atoms with Crippen molar-refractivity contribution in [3.8, 4) is 16.9 Å². The molecule has 3 aromatic carbocycles. The van der Waals surface area contributed by atoms with Crippen molar-refractivity contribution in [3.05, 3.63) is 101 Å². The van der Waals surface area contributed by atoms with Crippen LogP contribution in [-0.4, -0.2) is 35.4 Å². The SMILES string of the molecule is C=C(O)Cc1ccc(-c2cccc(CCCC(=N)N(CC)C(=O)CC)c2)cc1OC.CCc1ccc(C(C)(C)C)cc1. The standard InChI is InChI=1S/C25H32N2O3.C12H18/c1-5-25(29)27(6-2)24(26)12-8-10-19-9-7-11-20(16-19)21-13-14-22(15-18(3)28)23(17-21)30-4;1-5-10-6-8-11(9-7-10)12(2,3)4/h7,9,11,13-14,16-17,26,28H,3,5-6,8,10,12,15H2,1-2,4H3;6-9H,5H2,1-4H3. The molecular weight excluding hydrogens is 520 g/mol. The van der Waals surface area contributed by atoms with Crippen LogP contribution in [-0.2, 0) is 29.5 Å². The van der Waals surface area contributed by atoms with Gasteiger partial charge in [0.15, 0.2) is 0 Å². The second-order valence-electron chi connectivity index (χ2n) is 11.6. The van der Waals surface area contributed by atoms with Gasteiger partial charge < -0.3 is 14.7 Å². The number of carbonyl (C=O) groups excluding carboxylic acids is 1. The fourth-order valence-corrected chi connectivity index (χ4v) is 4.74. The number of amidine groups is 1. The molecule has 0 aliphatic carbocycles. The first-order chi connectivity index (χ1) is 19.9. The van der Waals surface area contributed by atoms with Crippen molar-refractivity contribution in [2.24, 2.45) is 0 Å². The minimum Gasteiger partial charge on any atom is -0.513 e. The van der Waals surface area contributed by atoms with Gasteiger partial charge in [0.05, 0.1) is 12.9 Å². The van der Waals surface area contributed by atoms with Gasteiger partial charge in [-0.25, -0.2) is 0 Å². The van der Waals surface area contributed by atoms with Crippen LogP contribution in [0.25, 0.3) is 11.1 Å². The molecule has 0 unspecified atom stereocenters. The minimum absolute atomic E-state index is 0.00617. The summed E-state index contributed by atoms with van der Waals surface area (Å²) in [5.41, 5.74) is 7.34. The maximum Gasteiger partial charge on any atom is 0.227 e. The summed E-state index contributed by atoms with van der Waals surface area (Å²) in [5, 5.41) is 17.7. The van der Waals surface area contributed by atoms with Gasteiger partial charge in [0, 0.05) is 31.4 Å². The van der Waals surface area contributed by atoms with E-state index in [-0.39, 0.29) is 17.1 Å². The van der Waals surface area contributed by atoms with Crippen molar-refractivity contribution in [2.75, 3.05) is 13.7 Å². The average molecular weight is 571 g/mol. The average Bonchev–Trinajstić information content (AvgIpc) is 2.97. The largest absolute Gasteiger partial charge is 0.513 e. The number of allylic oxidation sites excluding steroid dienone is 1. The quantitative estimate of drug-likeness (QED) is 0.137. The highest BCUT2D eigenvalue weighted by molar-refractivity contribution is 5.96. The number of aliphatic hydroxyl groups excluding tert-OH is 1. The molecule has 226 valence electrons. The van der Waals surface area contributed by atoms with E-state index in [4.69, 9.17) is 10.1 Å². The zero-order chi connectivity index (χ0) is 31.3. The molecule has 0 heterocycles. The van der Waals surface area contributed by atoms with E-state index in [1.165, 1.54) is 16.7 Å². The molecule has 0 aliphatic rings. The summed E-state index contributed by atoms with van der Waals surface area (Å²) in [7, 11) is 1.62. The number of hydrogen-bond donors (Lipinski definition) is 2. The molecule has 3 aromatic rings. The summed E-state index contributed by atoms with van der Waals surface area (Å²) in [6.45, 7) is 16.7. The van der Waals surface area contributed by atoms with E-state index in [2.05, 4.69) is 76.7 Å². The van der Waals surface area contributed by atoms with E-state index in [0.29, 0.717) is 31.6 Å². The first-order valence-corrected chi connectivity index (χ1v) is 15.0. The third kappa shape index (κ3) is 10.5. The molecule has 0 fully saturated rings. The first kappa shape index (κ1) is 34.3. The van der Waals surface area contributed by atoms with Gasteiger partial charge in [-0.1, -0.05) is 102 Å². The molecule has 1 amide bonds. The molecule has 5 nitrogen and oxygen atoms in total. The lowest BCUT2D eigenvalue weighted by molar-refractivity contribution is -0.127. The Balaban J connectivity index is 0.000000428. The second kappa shape index (κ2) is 16.5. The topological polar surface area (TPSA) is 73.6 Å². The molecule has 0 atom stereocenters. The van der Waals surface area contributed by atoms with E-state index >= 15 is 0 Å². The van der Waals surface area contributed by atoms with E-state index < -0.39 is 0 Å². The van der Waals surface area contributed by atoms with Crippen LogP contribution >= 0.6 is 0 Å². The highest BCUT2D eigenvalue weighted by atomic mass is 16.5. The molecule has 0 aromatic heterocycles. The third-order valence-electron chi connectivity index (χ3n) is 7.29. The number of rotatable bonds is 11. The number of nitrogens with zero attached hydrogens (tertiary/aromatic N) is 1. The summed E-state index contributed by atoms with van der Waals surface area (Å²) in [5.74, 6) is 1.23. The summed E-state index contributed by atoms with van der Waals surface area (Å²) >= 11 is 0. The fraction of sp³-hybridized carbons (Fsp3) is 0.405. The Morgan fingerprint density at radius 1 is 0.952 bits per heavy atom. The number of aryl methyl sites for hydroxylation is 2. The molecule has 2 N–H and O–H groups in total. The first-order valence-electron chi connectivity index (χ1n) is 15.0. The Labute approximate surface area is 253 Å². The number of benzene rings is 3.